The van der Waals surface area contributed by atoms with Crippen molar-refractivity contribution in [1.82, 2.24) is 0 Å². The Hall–Kier alpha value is -2.34. The van der Waals surface area contributed by atoms with Gasteiger partial charge in [-0.05, 0) is 30.9 Å². The number of hydrogen-bond acceptors (Lipinski definition) is 0. The molecule has 0 aliphatic rings. The van der Waals surface area contributed by atoms with Crippen molar-refractivity contribution in [3.05, 3.63) is 103 Å². The lowest BCUT2D eigenvalue weighted by atomic mass is 10.1. The van der Waals surface area contributed by atoms with E-state index in [0.717, 1.165) is 18.4 Å². The van der Waals surface area contributed by atoms with E-state index in [1.165, 1.54) is 11.1 Å². The normalized spacial score (nSPS) is 9.76. The highest BCUT2D eigenvalue weighted by molar-refractivity contribution is 5.45. The van der Waals surface area contributed by atoms with Gasteiger partial charge in [-0.2, -0.15) is 0 Å². The summed E-state index contributed by atoms with van der Waals surface area (Å²) < 4.78 is 0. The van der Waals surface area contributed by atoms with E-state index in [-0.39, 0.29) is 0 Å². The maximum atomic E-state index is 3.81. The molecule has 0 fully saturated rings. The smallest absolute Gasteiger partial charge is 0.0244 e. The molecular formula is C21H24. The molecule has 0 aliphatic carbocycles. The van der Waals surface area contributed by atoms with Crippen molar-refractivity contribution in [2.75, 3.05) is 0 Å². The number of benzene rings is 2. The lowest BCUT2D eigenvalue weighted by molar-refractivity contribution is 1.00. The van der Waals surface area contributed by atoms with Crippen molar-refractivity contribution in [1.29, 1.82) is 0 Å². The van der Waals surface area contributed by atoms with E-state index < -0.39 is 0 Å². The van der Waals surface area contributed by atoms with E-state index in [1.807, 2.05) is 49.4 Å². The fourth-order valence-corrected chi connectivity index (χ4v) is 1.77. The van der Waals surface area contributed by atoms with Gasteiger partial charge in [0.2, 0.25) is 0 Å². The van der Waals surface area contributed by atoms with Crippen LogP contribution in [0.25, 0.3) is 6.08 Å². The summed E-state index contributed by atoms with van der Waals surface area (Å²) in [7, 11) is 0. The van der Waals surface area contributed by atoms with E-state index in [0.29, 0.717) is 0 Å². The molecule has 0 saturated carbocycles. The Morgan fingerprint density at radius 3 is 2.00 bits per heavy atom. The van der Waals surface area contributed by atoms with Crippen LogP contribution in [0.4, 0.5) is 0 Å². The van der Waals surface area contributed by atoms with Gasteiger partial charge in [-0.3, -0.25) is 0 Å². The second-order valence-corrected chi connectivity index (χ2v) is 4.89. The third-order valence-electron chi connectivity index (χ3n) is 2.88. The first-order valence-electron chi connectivity index (χ1n) is 7.26. The summed E-state index contributed by atoms with van der Waals surface area (Å²) in [5, 5.41) is 0. The third kappa shape index (κ3) is 8.43. The van der Waals surface area contributed by atoms with E-state index in [2.05, 4.69) is 49.6 Å². The third-order valence-corrected chi connectivity index (χ3v) is 2.88. The van der Waals surface area contributed by atoms with Crippen molar-refractivity contribution in [3.8, 4) is 0 Å². The van der Waals surface area contributed by atoms with Crippen LogP contribution < -0.4 is 0 Å². The SMILES string of the molecule is C=C(C)C=CCCc1ccccc1.C=Cc1ccccc1. The van der Waals surface area contributed by atoms with Crippen LogP contribution in [0.1, 0.15) is 24.5 Å². The Bertz CT molecular complexity index is 547. The Balaban J connectivity index is 0.000000235. The predicted octanol–water partition coefficient (Wildman–Crippen LogP) is 6.08. The lowest BCUT2D eigenvalue weighted by Gasteiger charge is -1.96. The largest absolute Gasteiger partial charge is 0.0985 e. The Morgan fingerprint density at radius 2 is 1.52 bits per heavy atom. The van der Waals surface area contributed by atoms with Gasteiger partial charge in [-0.1, -0.05) is 97.6 Å². The summed E-state index contributed by atoms with van der Waals surface area (Å²) in [6.07, 6.45) is 8.29. The molecule has 2 aromatic carbocycles. The highest BCUT2D eigenvalue weighted by atomic mass is 13.9. The zero-order chi connectivity index (χ0) is 15.3. The second kappa shape index (κ2) is 10.4. The molecule has 0 amide bonds. The second-order valence-electron chi connectivity index (χ2n) is 4.89. The first kappa shape index (κ1) is 16.7. The average molecular weight is 276 g/mol. The fourth-order valence-electron chi connectivity index (χ4n) is 1.77. The summed E-state index contributed by atoms with van der Waals surface area (Å²) in [5.74, 6) is 0. The molecule has 0 heteroatoms. The van der Waals surface area contributed by atoms with E-state index in [9.17, 15) is 0 Å². The van der Waals surface area contributed by atoms with Crippen LogP contribution in [0, 0.1) is 0 Å². The minimum Gasteiger partial charge on any atom is -0.0985 e. The van der Waals surface area contributed by atoms with Crippen LogP contribution in [-0.2, 0) is 6.42 Å². The van der Waals surface area contributed by atoms with Crippen LogP contribution in [0.5, 0.6) is 0 Å². The van der Waals surface area contributed by atoms with Crippen molar-refractivity contribution >= 4 is 6.08 Å². The molecule has 108 valence electrons. The molecule has 0 N–H and O–H groups in total. The molecule has 0 heterocycles. The summed E-state index contributed by atoms with van der Waals surface area (Å²) >= 11 is 0. The van der Waals surface area contributed by atoms with Crippen LogP contribution in [-0.4, -0.2) is 0 Å². The summed E-state index contributed by atoms with van der Waals surface area (Å²) in [5.41, 5.74) is 3.69. The average Bonchev–Trinajstić information content (AvgIpc) is 2.54. The van der Waals surface area contributed by atoms with Gasteiger partial charge in [0.1, 0.15) is 0 Å². The molecule has 2 rings (SSSR count). The Morgan fingerprint density at radius 1 is 0.952 bits per heavy atom. The Kier molecular flexibility index (Phi) is 8.32. The minimum absolute atomic E-state index is 1.09. The number of rotatable bonds is 5. The van der Waals surface area contributed by atoms with E-state index in [4.69, 9.17) is 0 Å². The van der Waals surface area contributed by atoms with Gasteiger partial charge >= 0.3 is 0 Å². The molecule has 0 spiro atoms. The molecule has 2 aromatic rings. The molecule has 21 heavy (non-hydrogen) atoms. The maximum absolute atomic E-state index is 3.81. The molecule has 0 unspecified atom stereocenters. The van der Waals surface area contributed by atoms with Crippen molar-refractivity contribution in [2.24, 2.45) is 0 Å². The van der Waals surface area contributed by atoms with E-state index in [1.54, 1.807) is 0 Å². The van der Waals surface area contributed by atoms with Crippen LogP contribution in [0.3, 0.4) is 0 Å². The van der Waals surface area contributed by atoms with Gasteiger partial charge in [-0.25, -0.2) is 0 Å². The van der Waals surface area contributed by atoms with Crippen LogP contribution >= 0.6 is 0 Å². The Labute approximate surface area is 129 Å². The predicted molar refractivity (Wildman–Crippen MR) is 95.3 cm³/mol. The van der Waals surface area contributed by atoms with Gasteiger partial charge in [0.15, 0.2) is 0 Å². The first-order valence-corrected chi connectivity index (χ1v) is 7.26. The van der Waals surface area contributed by atoms with Crippen LogP contribution in [0.15, 0.2) is 91.5 Å². The molecule has 0 saturated heterocycles. The highest BCUT2D eigenvalue weighted by Crippen LogP contribution is 2.03. The van der Waals surface area contributed by atoms with Crippen molar-refractivity contribution in [3.63, 3.8) is 0 Å². The van der Waals surface area contributed by atoms with Gasteiger partial charge in [0, 0.05) is 0 Å². The van der Waals surface area contributed by atoms with Gasteiger partial charge in [0.05, 0.1) is 0 Å². The maximum Gasteiger partial charge on any atom is -0.0244 e. The molecule has 0 aliphatic heterocycles. The topological polar surface area (TPSA) is 0 Å². The monoisotopic (exact) mass is 276 g/mol. The first-order chi connectivity index (χ1) is 10.2. The van der Waals surface area contributed by atoms with Gasteiger partial charge in [-0.15, -0.1) is 0 Å². The summed E-state index contributed by atoms with van der Waals surface area (Å²) in [6.45, 7) is 9.46. The zero-order valence-corrected chi connectivity index (χ0v) is 12.8. The molecular weight excluding hydrogens is 252 g/mol. The number of allylic oxidation sites excluding steroid dienone is 3. The molecule has 0 radical (unpaired) electrons. The van der Waals surface area contributed by atoms with Gasteiger partial charge in [0.25, 0.3) is 0 Å². The van der Waals surface area contributed by atoms with Crippen molar-refractivity contribution in [2.45, 2.75) is 19.8 Å². The quantitative estimate of drug-likeness (QED) is 0.580. The summed E-state index contributed by atoms with van der Waals surface area (Å²) in [6, 6.07) is 20.6. The highest BCUT2D eigenvalue weighted by Gasteiger charge is 1.87. The molecule has 0 nitrogen and oxygen atoms in total. The zero-order valence-electron chi connectivity index (χ0n) is 12.8. The fraction of sp³-hybridized carbons (Fsp3) is 0.143. The standard InChI is InChI=1S/C13H16.C8H8/c1-12(2)8-6-7-11-13-9-4-3-5-10-13;1-2-8-6-4-3-5-7-8/h3-6,8-10H,1,7,11H2,2H3;2-7H,1H2. The van der Waals surface area contributed by atoms with Gasteiger partial charge < -0.3 is 0 Å². The lowest BCUT2D eigenvalue weighted by Crippen LogP contribution is -1.81. The van der Waals surface area contributed by atoms with Crippen LogP contribution in [0.2, 0.25) is 0 Å². The number of aryl methyl sites for hydroxylation is 1. The minimum atomic E-state index is 1.09. The van der Waals surface area contributed by atoms with Crippen molar-refractivity contribution < 1.29 is 0 Å². The molecule has 0 aromatic heterocycles. The van der Waals surface area contributed by atoms with E-state index >= 15 is 0 Å². The summed E-state index contributed by atoms with van der Waals surface area (Å²) in [4.78, 5) is 0. The molecule has 0 atom stereocenters. The molecule has 0 bridgehead atoms. The number of hydrogen-bond donors (Lipinski definition) is 0.